The Kier molecular flexibility index (Phi) is 3.05. The van der Waals surface area contributed by atoms with E-state index in [0.29, 0.717) is 25.2 Å². The van der Waals surface area contributed by atoms with Crippen molar-refractivity contribution in [2.24, 2.45) is 5.92 Å². The highest BCUT2D eigenvalue weighted by Gasteiger charge is 2.37. The summed E-state index contributed by atoms with van der Waals surface area (Å²) in [5.74, 6) is 0.226. The van der Waals surface area contributed by atoms with Gasteiger partial charge >= 0.3 is 5.97 Å². The highest BCUT2D eigenvalue weighted by molar-refractivity contribution is 5.81. The van der Waals surface area contributed by atoms with Crippen LogP contribution < -0.4 is 5.32 Å². The van der Waals surface area contributed by atoms with E-state index < -0.39 is 0 Å². The molecule has 1 N–H and O–H groups in total. The Morgan fingerprint density at radius 1 is 1.40 bits per heavy atom. The van der Waals surface area contributed by atoms with Crippen molar-refractivity contribution in [3.05, 3.63) is 0 Å². The molecule has 0 spiro atoms. The van der Waals surface area contributed by atoms with E-state index in [1.807, 2.05) is 6.92 Å². The number of carbonyl (C=O) groups is 2. The van der Waals surface area contributed by atoms with Crippen LogP contribution in [0.15, 0.2) is 0 Å². The molecule has 0 aliphatic carbocycles. The van der Waals surface area contributed by atoms with Crippen LogP contribution in [0.2, 0.25) is 0 Å². The van der Waals surface area contributed by atoms with Crippen molar-refractivity contribution in [2.75, 3.05) is 6.61 Å². The third kappa shape index (κ3) is 2.37. The van der Waals surface area contributed by atoms with Gasteiger partial charge in [0.25, 0.3) is 0 Å². The van der Waals surface area contributed by atoms with Crippen molar-refractivity contribution >= 4 is 11.8 Å². The van der Waals surface area contributed by atoms with Gasteiger partial charge < -0.3 is 10.1 Å². The number of carbonyl (C=O) groups excluding carboxylic acids is 2. The average molecular weight is 211 g/mol. The van der Waals surface area contributed by atoms with Gasteiger partial charge in [0.15, 0.2) is 0 Å². The lowest BCUT2D eigenvalue weighted by molar-refractivity contribution is -0.150. The molecular formula is C11H17NO3. The van der Waals surface area contributed by atoms with Crippen molar-refractivity contribution < 1.29 is 14.3 Å². The number of hydrogen-bond donors (Lipinski definition) is 1. The van der Waals surface area contributed by atoms with Crippen molar-refractivity contribution in [1.29, 1.82) is 0 Å². The van der Waals surface area contributed by atoms with Crippen molar-refractivity contribution in [1.82, 2.24) is 5.32 Å². The first kappa shape index (κ1) is 10.6. The van der Waals surface area contributed by atoms with E-state index in [-0.39, 0.29) is 24.0 Å². The average Bonchev–Trinajstić information content (AvgIpc) is 2.16. The van der Waals surface area contributed by atoms with Crippen LogP contribution in [0.3, 0.4) is 0 Å². The molecule has 2 rings (SSSR count). The van der Waals surface area contributed by atoms with Gasteiger partial charge in [-0.05, 0) is 19.8 Å². The Morgan fingerprint density at radius 2 is 2.00 bits per heavy atom. The molecule has 2 aliphatic heterocycles. The molecule has 2 bridgehead atoms. The summed E-state index contributed by atoms with van der Waals surface area (Å²) in [6, 6.07) is 0.388. The molecule has 84 valence electrons. The molecule has 2 saturated heterocycles. The van der Waals surface area contributed by atoms with Crippen molar-refractivity contribution in [3.63, 3.8) is 0 Å². The van der Waals surface area contributed by atoms with Crippen molar-refractivity contribution in [2.45, 2.75) is 44.7 Å². The Hall–Kier alpha value is -0.900. The maximum Gasteiger partial charge on any atom is 0.309 e. The van der Waals surface area contributed by atoms with Crippen LogP contribution in [0.4, 0.5) is 0 Å². The molecule has 0 aromatic carbocycles. The van der Waals surface area contributed by atoms with Crippen molar-refractivity contribution in [3.8, 4) is 0 Å². The Labute approximate surface area is 89.4 Å². The molecule has 2 unspecified atom stereocenters. The number of Topliss-reactive ketones (excluding diaryl/α,β-unsaturated/α-hetero) is 1. The second kappa shape index (κ2) is 4.31. The Bertz CT molecular complexity index is 261. The first-order valence-electron chi connectivity index (χ1n) is 5.63. The molecule has 0 aromatic rings. The van der Waals surface area contributed by atoms with Crippen LogP contribution in [0, 0.1) is 5.92 Å². The summed E-state index contributed by atoms with van der Waals surface area (Å²) < 4.78 is 5.02. The smallest absolute Gasteiger partial charge is 0.309 e. The summed E-state index contributed by atoms with van der Waals surface area (Å²) in [4.78, 5) is 22.9. The lowest BCUT2D eigenvalue weighted by Gasteiger charge is -2.38. The lowest BCUT2D eigenvalue weighted by atomic mass is 9.80. The quantitative estimate of drug-likeness (QED) is 0.681. The molecule has 0 radical (unpaired) electrons. The van der Waals surface area contributed by atoms with Crippen LogP contribution in [0.5, 0.6) is 0 Å². The zero-order chi connectivity index (χ0) is 10.8. The molecule has 4 heteroatoms. The molecule has 0 amide bonds. The Morgan fingerprint density at radius 3 is 2.53 bits per heavy atom. The number of hydrogen-bond acceptors (Lipinski definition) is 4. The summed E-state index contributed by atoms with van der Waals surface area (Å²) in [6.07, 6.45) is 2.65. The molecule has 0 saturated carbocycles. The molecular weight excluding hydrogens is 194 g/mol. The fraction of sp³-hybridized carbons (Fsp3) is 0.818. The van der Waals surface area contributed by atoms with Crippen LogP contribution in [-0.2, 0) is 14.3 Å². The molecule has 0 aromatic heterocycles. The van der Waals surface area contributed by atoms with E-state index in [9.17, 15) is 9.59 Å². The topological polar surface area (TPSA) is 55.4 Å². The van der Waals surface area contributed by atoms with Gasteiger partial charge in [-0.2, -0.15) is 0 Å². The predicted molar refractivity (Wildman–Crippen MR) is 54.3 cm³/mol. The van der Waals surface area contributed by atoms with E-state index >= 15 is 0 Å². The summed E-state index contributed by atoms with van der Waals surface area (Å²) in [5.41, 5.74) is 0. The maximum absolute atomic E-state index is 11.6. The Balaban J connectivity index is 1.96. The minimum Gasteiger partial charge on any atom is -0.466 e. The van der Waals surface area contributed by atoms with Gasteiger partial charge in [0.1, 0.15) is 5.78 Å². The summed E-state index contributed by atoms with van der Waals surface area (Å²) >= 11 is 0. The minimum absolute atomic E-state index is 0.00528. The second-order valence-corrected chi connectivity index (χ2v) is 4.43. The lowest BCUT2D eigenvalue weighted by Crippen LogP contribution is -2.52. The number of ether oxygens (including phenoxy) is 1. The molecule has 2 aliphatic rings. The summed E-state index contributed by atoms with van der Waals surface area (Å²) in [5, 5.41) is 3.38. The molecule has 4 nitrogen and oxygen atoms in total. The molecule has 2 fully saturated rings. The molecule has 2 heterocycles. The van der Waals surface area contributed by atoms with E-state index in [4.69, 9.17) is 4.74 Å². The number of nitrogens with one attached hydrogen (secondary N) is 1. The third-order valence-electron chi connectivity index (χ3n) is 3.18. The fourth-order valence-electron chi connectivity index (χ4n) is 2.62. The number of ketones is 1. The maximum atomic E-state index is 11.6. The number of fused-ring (bicyclic) bond motifs is 2. The highest BCUT2D eigenvalue weighted by Crippen LogP contribution is 2.28. The zero-order valence-corrected chi connectivity index (χ0v) is 8.99. The number of esters is 1. The summed E-state index contributed by atoms with van der Waals surface area (Å²) in [7, 11) is 0. The van der Waals surface area contributed by atoms with Gasteiger partial charge in [-0.25, -0.2) is 0 Å². The van der Waals surface area contributed by atoms with Gasteiger partial charge in [-0.1, -0.05) is 0 Å². The van der Waals surface area contributed by atoms with Crippen LogP contribution in [-0.4, -0.2) is 30.4 Å². The van der Waals surface area contributed by atoms with Crippen LogP contribution in [0.1, 0.15) is 32.6 Å². The first-order chi connectivity index (χ1) is 7.19. The van der Waals surface area contributed by atoms with E-state index in [0.717, 1.165) is 12.8 Å². The van der Waals surface area contributed by atoms with Gasteiger partial charge in [0, 0.05) is 24.9 Å². The van der Waals surface area contributed by atoms with E-state index in [1.54, 1.807) is 0 Å². The van der Waals surface area contributed by atoms with E-state index in [2.05, 4.69) is 5.32 Å². The predicted octanol–water partition coefficient (Wildman–Crippen LogP) is 0.649. The SMILES string of the molecule is CCOC(=O)C1CC2CC(=O)CC(C1)N2. The van der Waals surface area contributed by atoms with Gasteiger partial charge in [-0.3, -0.25) is 9.59 Å². The van der Waals surface area contributed by atoms with Gasteiger partial charge in [-0.15, -0.1) is 0 Å². The fourth-order valence-corrected chi connectivity index (χ4v) is 2.62. The highest BCUT2D eigenvalue weighted by atomic mass is 16.5. The summed E-state index contributed by atoms with van der Waals surface area (Å²) in [6.45, 7) is 2.26. The largest absolute Gasteiger partial charge is 0.466 e. The number of piperidine rings is 2. The first-order valence-corrected chi connectivity index (χ1v) is 5.63. The normalized spacial score (nSPS) is 35.0. The van der Waals surface area contributed by atoms with Crippen LogP contribution >= 0.6 is 0 Å². The molecule has 2 atom stereocenters. The van der Waals surface area contributed by atoms with Gasteiger partial charge in [0.2, 0.25) is 0 Å². The van der Waals surface area contributed by atoms with E-state index in [1.165, 1.54) is 0 Å². The van der Waals surface area contributed by atoms with Gasteiger partial charge in [0.05, 0.1) is 12.5 Å². The van der Waals surface area contributed by atoms with Crippen LogP contribution in [0.25, 0.3) is 0 Å². The third-order valence-corrected chi connectivity index (χ3v) is 3.18. The minimum atomic E-state index is -0.0941. The second-order valence-electron chi connectivity index (χ2n) is 4.43. The zero-order valence-electron chi connectivity index (χ0n) is 8.99. The molecule has 15 heavy (non-hydrogen) atoms. The monoisotopic (exact) mass is 211 g/mol. The number of rotatable bonds is 2. The standard InChI is InChI=1S/C11H17NO3/c1-2-15-11(14)7-3-8-5-10(13)6-9(4-7)12-8/h7-9,12H,2-6H2,1H3.